The number of benzene rings is 3. The number of fused-ring (bicyclic) bond motifs is 1. The quantitative estimate of drug-likeness (QED) is 0.608. The summed E-state index contributed by atoms with van der Waals surface area (Å²) in [4.78, 5) is 19.8. The number of aromatic amines is 1. The van der Waals surface area contributed by atoms with E-state index in [2.05, 4.69) is 9.97 Å². The second kappa shape index (κ2) is 6.32. The highest BCUT2D eigenvalue weighted by Gasteiger charge is 2.07. The minimum Gasteiger partial charge on any atom is -0.310 e. The van der Waals surface area contributed by atoms with E-state index in [1.54, 1.807) is 12.1 Å². The summed E-state index contributed by atoms with van der Waals surface area (Å²) in [5.41, 5.74) is 3.41. The molecule has 0 unspecified atom stereocenters. The smallest absolute Gasteiger partial charge is 0.258 e. The normalized spacial score (nSPS) is 10.9. The number of hydrogen-bond acceptors (Lipinski definition) is 2. The Morgan fingerprint density at radius 1 is 0.880 bits per heavy atom. The van der Waals surface area contributed by atoms with Crippen molar-refractivity contribution in [2.75, 3.05) is 0 Å². The highest BCUT2D eigenvalue weighted by atomic mass is 19.1. The van der Waals surface area contributed by atoms with Gasteiger partial charge in [-0.3, -0.25) is 4.79 Å². The molecule has 0 spiro atoms. The lowest BCUT2D eigenvalue weighted by Crippen LogP contribution is -2.12. The zero-order chi connectivity index (χ0) is 17.2. The molecule has 0 saturated heterocycles. The Hall–Kier alpha value is -3.27. The van der Waals surface area contributed by atoms with Gasteiger partial charge in [0.1, 0.15) is 11.6 Å². The van der Waals surface area contributed by atoms with E-state index in [9.17, 15) is 9.18 Å². The average molecular weight is 330 g/mol. The molecule has 0 aliphatic rings. The van der Waals surface area contributed by atoms with E-state index in [-0.39, 0.29) is 11.4 Å². The van der Waals surface area contributed by atoms with Crippen molar-refractivity contribution in [3.8, 4) is 11.1 Å². The molecule has 3 nitrogen and oxygen atoms in total. The molecule has 0 atom stereocenters. The molecule has 0 amide bonds. The zero-order valence-corrected chi connectivity index (χ0v) is 13.4. The maximum Gasteiger partial charge on any atom is 0.258 e. The fourth-order valence-corrected chi connectivity index (χ4v) is 2.88. The van der Waals surface area contributed by atoms with Crippen molar-refractivity contribution in [3.63, 3.8) is 0 Å². The molecular formula is C21H15FN2O. The molecule has 0 aliphatic heterocycles. The van der Waals surface area contributed by atoms with Gasteiger partial charge in [0.2, 0.25) is 0 Å². The van der Waals surface area contributed by atoms with Crippen LogP contribution in [-0.4, -0.2) is 9.97 Å². The van der Waals surface area contributed by atoms with Gasteiger partial charge in [0, 0.05) is 6.42 Å². The largest absolute Gasteiger partial charge is 0.310 e. The van der Waals surface area contributed by atoms with Crippen molar-refractivity contribution in [2.45, 2.75) is 6.42 Å². The summed E-state index contributed by atoms with van der Waals surface area (Å²) in [6.07, 6.45) is 0.450. The topological polar surface area (TPSA) is 45.8 Å². The summed E-state index contributed by atoms with van der Waals surface area (Å²) < 4.78 is 13.0. The molecule has 4 heteroatoms. The van der Waals surface area contributed by atoms with Crippen LogP contribution in [0.15, 0.2) is 77.6 Å². The highest BCUT2D eigenvalue weighted by molar-refractivity contribution is 5.83. The minimum atomic E-state index is -0.280. The lowest BCUT2D eigenvalue weighted by atomic mass is 10.0. The van der Waals surface area contributed by atoms with Crippen molar-refractivity contribution in [2.24, 2.45) is 0 Å². The SMILES string of the molecule is O=c1[nH]c(Cc2ccc(F)cc2)nc2ccc(-c3ccccc3)cc12. The molecule has 0 radical (unpaired) electrons. The van der Waals surface area contributed by atoms with Crippen LogP contribution in [0.3, 0.4) is 0 Å². The number of nitrogens with one attached hydrogen (secondary N) is 1. The third-order valence-electron chi connectivity index (χ3n) is 4.15. The number of H-pyrrole nitrogens is 1. The fraction of sp³-hybridized carbons (Fsp3) is 0.0476. The third kappa shape index (κ3) is 3.19. The summed E-state index contributed by atoms with van der Waals surface area (Å²) in [5, 5.41) is 0.559. The number of nitrogens with zero attached hydrogens (tertiary/aromatic N) is 1. The molecule has 0 bridgehead atoms. The van der Waals surface area contributed by atoms with Crippen molar-refractivity contribution in [1.29, 1.82) is 0 Å². The molecule has 0 aliphatic carbocycles. The zero-order valence-electron chi connectivity index (χ0n) is 13.4. The van der Waals surface area contributed by atoms with Gasteiger partial charge in [0.25, 0.3) is 5.56 Å². The van der Waals surface area contributed by atoms with Gasteiger partial charge in [-0.1, -0.05) is 48.5 Å². The average Bonchev–Trinajstić information content (AvgIpc) is 2.64. The van der Waals surface area contributed by atoms with Crippen molar-refractivity contribution < 1.29 is 4.39 Å². The summed E-state index contributed by atoms with van der Waals surface area (Å²) >= 11 is 0. The lowest BCUT2D eigenvalue weighted by Gasteiger charge is -2.06. The van der Waals surface area contributed by atoms with E-state index in [1.807, 2.05) is 48.5 Å². The first-order valence-electron chi connectivity index (χ1n) is 8.02. The molecule has 0 saturated carbocycles. The van der Waals surface area contributed by atoms with Crippen LogP contribution in [0.1, 0.15) is 11.4 Å². The molecule has 1 heterocycles. The highest BCUT2D eigenvalue weighted by Crippen LogP contribution is 2.22. The summed E-state index contributed by atoms with van der Waals surface area (Å²) in [7, 11) is 0. The molecule has 4 aromatic rings. The lowest BCUT2D eigenvalue weighted by molar-refractivity contribution is 0.627. The fourth-order valence-electron chi connectivity index (χ4n) is 2.88. The van der Waals surface area contributed by atoms with Crippen LogP contribution < -0.4 is 5.56 Å². The van der Waals surface area contributed by atoms with E-state index in [4.69, 9.17) is 0 Å². The number of rotatable bonds is 3. The van der Waals surface area contributed by atoms with Crippen molar-refractivity contribution >= 4 is 10.9 Å². The van der Waals surface area contributed by atoms with Gasteiger partial charge in [-0.2, -0.15) is 0 Å². The molecule has 0 fully saturated rings. The number of aromatic nitrogens is 2. The van der Waals surface area contributed by atoms with Gasteiger partial charge in [0.15, 0.2) is 0 Å². The Labute approximate surface area is 143 Å². The van der Waals surface area contributed by atoms with E-state index in [0.29, 0.717) is 23.1 Å². The van der Waals surface area contributed by atoms with Gasteiger partial charge in [-0.15, -0.1) is 0 Å². The first kappa shape index (κ1) is 15.3. The van der Waals surface area contributed by atoms with Crippen LogP contribution in [0.5, 0.6) is 0 Å². The van der Waals surface area contributed by atoms with Crippen molar-refractivity contribution in [3.05, 3.63) is 100 Å². The molecule has 1 aromatic heterocycles. The van der Waals surface area contributed by atoms with Gasteiger partial charge in [0.05, 0.1) is 10.9 Å². The van der Waals surface area contributed by atoms with Crippen LogP contribution >= 0.6 is 0 Å². The predicted octanol–water partition coefficient (Wildman–Crippen LogP) is 4.32. The standard InChI is InChI=1S/C21H15FN2O/c22-17-9-6-14(7-10-17)12-20-23-19-11-8-16(13-18(19)21(25)24-20)15-4-2-1-3-5-15/h1-11,13H,12H2,(H,23,24,25). The minimum absolute atomic E-state index is 0.167. The van der Waals surface area contributed by atoms with Gasteiger partial charge in [-0.25, -0.2) is 9.37 Å². The second-order valence-electron chi connectivity index (χ2n) is 5.91. The van der Waals surface area contributed by atoms with E-state index in [1.165, 1.54) is 12.1 Å². The Bertz CT molecular complexity index is 1090. The Morgan fingerprint density at radius 3 is 2.40 bits per heavy atom. The Kier molecular flexibility index (Phi) is 3.86. The molecule has 4 rings (SSSR count). The van der Waals surface area contributed by atoms with Crippen LogP contribution in [0, 0.1) is 5.82 Å². The predicted molar refractivity (Wildman–Crippen MR) is 97.0 cm³/mol. The molecule has 3 aromatic carbocycles. The number of halogens is 1. The van der Waals surface area contributed by atoms with Crippen LogP contribution in [0.25, 0.3) is 22.0 Å². The maximum atomic E-state index is 13.0. The number of hydrogen-bond donors (Lipinski definition) is 1. The van der Waals surface area contributed by atoms with Gasteiger partial charge < -0.3 is 4.98 Å². The first-order valence-corrected chi connectivity index (χ1v) is 8.02. The first-order chi connectivity index (χ1) is 12.2. The summed E-state index contributed by atoms with van der Waals surface area (Å²) in [6, 6.07) is 21.8. The third-order valence-corrected chi connectivity index (χ3v) is 4.15. The van der Waals surface area contributed by atoms with Gasteiger partial charge in [-0.05, 0) is 41.0 Å². The maximum absolute atomic E-state index is 13.0. The van der Waals surface area contributed by atoms with E-state index >= 15 is 0 Å². The molecule has 122 valence electrons. The van der Waals surface area contributed by atoms with Crippen LogP contribution in [-0.2, 0) is 6.42 Å². The Balaban J connectivity index is 1.73. The van der Waals surface area contributed by atoms with Crippen LogP contribution in [0.4, 0.5) is 4.39 Å². The van der Waals surface area contributed by atoms with Gasteiger partial charge >= 0.3 is 0 Å². The second-order valence-corrected chi connectivity index (χ2v) is 5.91. The van der Waals surface area contributed by atoms with E-state index in [0.717, 1.165) is 16.7 Å². The van der Waals surface area contributed by atoms with Crippen molar-refractivity contribution in [1.82, 2.24) is 9.97 Å². The Morgan fingerprint density at radius 2 is 1.64 bits per heavy atom. The molecule has 1 N–H and O–H groups in total. The molecule has 25 heavy (non-hydrogen) atoms. The molecular weight excluding hydrogens is 315 g/mol. The summed E-state index contributed by atoms with van der Waals surface area (Å²) in [6.45, 7) is 0. The van der Waals surface area contributed by atoms with Crippen LogP contribution in [0.2, 0.25) is 0 Å². The van der Waals surface area contributed by atoms with E-state index < -0.39 is 0 Å². The monoisotopic (exact) mass is 330 g/mol. The summed E-state index contributed by atoms with van der Waals surface area (Å²) in [5.74, 6) is 0.286.